The Morgan fingerprint density at radius 2 is 1.79 bits per heavy atom. The molecule has 3 rings (SSSR count). The predicted octanol–water partition coefficient (Wildman–Crippen LogP) is 3.57. The van der Waals surface area contributed by atoms with E-state index in [1.165, 1.54) is 11.1 Å². The van der Waals surface area contributed by atoms with Gasteiger partial charge in [0.05, 0.1) is 12.7 Å². The highest BCUT2D eigenvalue weighted by molar-refractivity contribution is 5.74. The molecule has 2 unspecified atom stereocenters. The minimum Gasteiger partial charge on any atom is -0.401 e. The molecule has 1 aromatic carbocycles. The van der Waals surface area contributed by atoms with Gasteiger partial charge in [-0.05, 0) is 44.1 Å². The minimum atomic E-state index is 0.157. The van der Waals surface area contributed by atoms with E-state index in [9.17, 15) is 4.79 Å². The predicted molar refractivity (Wildman–Crippen MR) is 113 cm³/mol. The van der Waals surface area contributed by atoms with E-state index in [1.54, 1.807) is 0 Å². The van der Waals surface area contributed by atoms with E-state index in [0.29, 0.717) is 24.1 Å². The number of carbonyl (C=O) groups excluding carboxylic acids is 1. The van der Waals surface area contributed by atoms with Crippen molar-refractivity contribution in [1.29, 1.82) is 0 Å². The van der Waals surface area contributed by atoms with Gasteiger partial charge in [0, 0.05) is 37.8 Å². The van der Waals surface area contributed by atoms with Gasteiger partial charge < -0.3 is 20.3 Å². The molecule has 2 aliphatic rings. The number of hydrogen-bond acceptors (Lipinski definition) is 3. The number of benzene rings is 1. The van der Waals surface area contributed by atoms with Crippen LogP contribution in [0.3, 0.4) is 0 Å². The first-order valence-electron chi connectivity index (χ1n) is 10.6. The third kappa shape index (κ3) is 5.51. The van der Waals surface area contributed by atoms with Crippen molar-refractivity contribution in [3.05, 3.63) is 47.7 Å². The zero-order chi connectivity index (χ0) is 20.1. The van der Waals surface area contributed by atoms with E-state index >= 15 is 0 Å². The van der Waals surface area contributed by atoms with Gasteiger partial charge in [0.15, 0.2) is 0 Å². The zero-order valence-electron chi connectivity index (χ0n) is 17.4. The summed E-state index contributed by atoms with van der Waals surface area (Å²) in [6.07, 6.45) is 4.32. The zero-order valence-corrected chi connectivity index (χ0v) is 17.4. The molecule has 0 radical (unpaired) electrons. The molecule has 28 heavy (non-hydrogen) atoms. The summed E-state index contributed by atoms with van der Waals surface area (Å²) < 4.78 is 5.83. The second-order valence-electron chi connectivity index (χ2n) is 8.62. The molecular formula is C23H35N3O2. The van der Waals surface area contributed by atoms with Crippen molar-refractivity contribution in [2.75, 3.05) is 32.8 Å². The molecular weight excluding hydrogens is 350 g/mol. The fourth-order valence-corrected chi connectivity index (χ4v) is 4.35. The molecule has 2 fully saturated rings. The molecule has 2 amide bonds. The number of piperidine rings is 2. The summed E-state index contributed by atoms with van der Waals surface area (Å²) in [5.41, 5.74) is 8.87. The van der Waals surface area contributed by atoms with Crippen LogP contribution >= 0.6 is 0 Å². The maximum absolute atomic E-state index is 13.0. The van der Waals surface area contributed by atoms with Crippen molar-refractivity contribution in [2.45, 2.75) is 45.6 Å². The summed E-state index contributed by atoms with van der Waals surface area (Å²) in [5, 5.41) is 0. The highest BCUT2D eigenvalue weighted by Gasteiger charge is 2.32. The monoisotopic (exact) mass is 385 g/mol. The number of hydrogen-bond donors (Lipinski definition) is 1. The molecule has 0 saturated carbocycles. The minimum absolute atomic E-state index is 0.157. The van der Waals surface area contributed by atoms with Crippen LogP contribution in [0.25, 0.3) is 0 Å². The standard InChI is InChI=1S/C23H35N3O2/c1-17-4-6-20(7-5-17)14-21-8-11-25(12-9-21)23(27)26-13-10-22(18(2)15-26)28-16-19(3)24/h4-7,18,21-22H,3,8-16,24H2,1-2H3. The van der Waals surface area contributed by atoms with E-state index < -0.39 is 0 Å². The van der Waals surface area contributed by atoms with Crippen LogP contribution in [0.2, 0.25) is 0 Å². The fraction of sp³-hybridized carbons (Fsp3) is 0.609. The fourth-order valence-electron chi connectivity index (χ4n) is 4.35. The Balaban J connectivity index is 1.43. The van der Waals surface area contributed by atoms with Gasteiger partial charge in [-0.1, -0.05) is 43.3 Å². The molecule has 2 atom stereocenters. The van der Waals surface area contributed by atoms with E-state index in [4.69, 9.17) is 10.5 Å². The third-order valence-electron chi connectivity index (χ3n) is 6.11. The quantitative estimate of drug-likeness (QED) is 0.843. The normalized spacial score (nSPS) is 23.6. The maximum Gasteiger partial charge on any atom is 0.320 e. The van der Waals surface area contributed by atoms with Crippen LogP contribution in [-0.4, -0.2) is 54.7 Å². The van der Waals surface area contributed by atoms with Gasteiger partial charge in [0.2, 0.25) is 0 Å². The van der Waals surface area contributed by atoms with Gasteiger partial charge in [-0.3, -0.25) is 0 Å². The van der Waals surface area contributed by atoms with Gasteiger partial charge in [-0.25, -0.2) is 4.79 Å². The Morgan fingerprint density at radius 3 is 2.39 bits per heavy atom. The second-order valence-corrected chi connectivity index (χ2v) is 8.62. The summed E-state index contributed by atoms with van der Waals surface area (Å²) in [7, 11) is 0. The lowest BCUT2D eigenvalue weighted by molar-refractivity contribution is -0.0133. The highest BCUT2D eigenvalue weighted by Crippen LogP contribution is 2.25. The van der Waals surface area contributed by atoms with Gasteiger partial charge in [0.1, 0.15) is 0 Å². The lowest BCUT2D eigenvalue weighted by Crippen LogP contribution is -2.52. The molecule has 1 aromatic rings. The van der Waals surface area contributed by atoms with E-state index in [1.807, 2.05) is 9.80 Å². The number of likely N-dealkylation sites (tertiary alicyclic amines) is 2. The van der Waals surface area contributed by atoms with Crippen molar-refractivity contribution in [2.24, 2.45) is 17.6 Å². The van der Waals surface area contributed by atoms with Crippen LogP contribution in [0, 0.1) is 18.8 Å². The molecule has 0 aliphatic carbocycles. The number of ether oxygens (including phenoxy) is 1. The molecule has 0 aromatic heterocycles. The topological polar surface area (TPSA) is 58.8 Å². The van der Waals surface area contributed by atoms with Crippen LogP contribution in [0.15, 0.2) is 36.5 Å². The lowest BCUT2D eigenvalue weighted by atomic mass is 9.90. The van der Waals surface area contributed by atoms with Crippen molar-refractivity contribution >= 4 is 6.03 Å². The second kappa shape index (κ2) is 9.46. The molecule has 0 bridgehead atoms. The lowest BCUT2D eigenvalue weighted by Gasteiger charge is -2.41. The Labute approximate surface area is 169 Å². The van der Waals surface area contributed by atoms with E-state index in [2.05, 4.69) is 44.7 Å². The van der Waals surface area contributed by atoms with Crippen molar-refractivity contribution in [3.63, 3.8) is 0 Å². The van der Waals surface area contributed by atoms with Crippen LogP contribution in [0.4, 0.5) is 4.79 Å². The summed E-state index contributed by atoms with van der Waals surface area (Å²) in [5.74, 6) is 0.991. The summed E-state index contributed by atoms with van der Waals surface area (Å²) >= 11 is 0. The van der Waals surface area contributed by atoms with Crippen LogP contribution in [-0.2, 0) is 11.2 Å². The van der Waals surface area contributed by atoms with E-state index in [-0.39, 0.29) is 12.1 Å². The number of carbonyl (C=O) groups is 1. The average Bonchev–Trinajstić information content (AvgIpc) is 2.68. The average molecular weight is 386 g/mol. The Bertz CT molecular complexity index is 665. The Kier molecular flexibility index (Phi) is 7.00. The number of urea groups is 1. The van der Waals surface area contributed by atoms with Crippen molar-refractivity contribution < 1.29 is 9.53 Å². The summed E-state index contributed by atoms with van der Waals surface area (Å²) in [6, 6.07) is 9.04. The number of nitrogens with two attached hydrogens (primary N) is 1. The highest BCUT2D eigenvalue weighted by atomic mass is 16.5. The SMILES string of the molecule is C=C(N)COC1CCN(C(=O)N2CCC(Cc3ccc(C)cc3)CC2)CC1C. The first kappa shape index (κ1) is 20.7. The van der Waals surface area contributed by atoms with Gasteiger partial charge >= 0.3 is 6.03 Å². The van der Waals surface area contributed by atoms with Gasteiger partial charge in [-0.15, -0.1) is 0 Å². The molecule has 2 aliphatic heterocycles. The first-order valence-corrected chi connectivity index (χ1v) is 10.6. The molecule has 2 heterocycles. The molecule has 5 nitrogen and oxygen atoms in total. The summed E-state index contributed by atoms with van der Waals surface area (Å²) in [4.78, 5) is 17.0. The van der Waals surface area contributed by atoms with Crippen LogP contribution in [0.5, 0.6) is 0 Å². The van der Waals surface area contributed by atoms with Crippen molar-refractivity contribution in [1.82, 2.24) is 9.80 Å². The van der Waals surface area contributed by atoms with Crippen molar-refractivity contribution in [3.8, 4) is 0 Å². The maximum atomic E-state index is 13.0. The molecule has 0 spiro atoms. The van der Waals surface area contributed by atoms with Crippen LogP contribution < -0.4 is 5.73 Å². The number of rotatable bonds is 5. The molecule has 154 valence electrons. The van der Waals surface area contributed by atoms with Gasteiger partial charge in [0.25, 0.3) is 0 Å². The van der Waals surface area contributed by atoms with E-state index in [0.717, 1.165) is 51.9 Å². The Hall–Kier alpha value is -2.01. The molecule has 5 heteroatoms. The third-order valence-corrected chi connectivity index (χ3v) is 6.11. The van der Waals surface area contributed by atoms with Gasteiger partial charge in [-0.2, -0.15) is 0 Å². The van der Waals surface area contributed by atoms with Crippen LogP contribution in [0.1, 0.15) is 37.3 Å². The smallest absolute Gasteiger partial charge is 0.320 e. The first-order chi connectivity index (χ1) is 13.4. The number of aryl methyl sites for hydroxylation is 1. The number of amides is 2. The number of nitrogens with zero attached hydrogens (tertiary/aromatic N) is 2. The summed E-state index contributed by atoms with van der Waals surface area (Å²) in [6.45, 7) is 11.6. The Morgan fingerprint density at radius 1 is 1.14 bits per heavy atom. The molecule has 2 N–H and O–H groups in total. The largest absolute Gasteiger partial charge is 0.401 e. The molecule has 2 saturated heterocycles.